The minimum atomic E-state index is 0.166. The van der Waals surface area contributed by atoms with Crippen LogP contribution in [0.1, 0.15) is 59.7 Å². The molecule has 0 spiro atoms. The van der Waals surface area contributed by atoms with E-state index in [1.807, 2.05) is 11.0 Å². The molecule has 1 fully saturated rings. The lowest BCUT2D eigenvalue weighted by atomic mass is 9.84. The molecule has 1 aliphatic heterocycles. The molecule has 1 saturated carbocycles. The molecule has 3 heteroatoms. The Kier molecular flexibility index (Phi) is 5.02. The third kappa shape index (κ3) is 3.72. The smallest absolute Gasteiger partial charge is 0.264 e. The van der Waals surface area contributed by atoms with E-state index in [0.717, 1.165) is 30.3 Å². The number of benzene rings is 1. The first-order valence-electron chi connectivity index (χ1n) is 9.46. The number of carbonyl (C=O) groups is 1. The number of hydrogen-bond donors (Lipinski definition) is 0. The van der Waals surface area contributed by atoms with Gasteiger partial charge in [0.2, 0.25) is 0 Å². The van der Waals surface area contributed by atoms with Gasteiger partial charge in [-0.2, -0.15) is 0 Å². The Morgan fingerprint density at radius 2 is 1.76 bits per heavy atom. The topological polar surface area (TPSA) is 20.3 Å². The number of rotatable bonds is 3. The number of nitrogens with zero attached hydrogens (tertiary/aromatic N) is 1. The highest BCUT2D eigenvalue weighted by Gasteiger charge is 2.19. The Morgan fingerprint density at radius 1 is 0.960 bits per heavy atom. The summed E-state index contributed by atoms with van der Waals surface area (Å²) < 4.78 is 0. The highest BCUT2D eigenvalue weighted by Crippen LogP contribution is 2.35. The second-order valence-electron chi connectivity index (χ2n) is 7.13. The molecule has 0 radical (unpaired) electrons. The average molecular weight is 352 g/mol. The lowest BCUT2D eigenvalue weighted by Crippen LogP contribution is -2.33. The maximum atomic E-state index is 12.6. The Labute approximate surface area is 154 Å². The maximum Gasteiger partial charge on any atom is 0.264 e. The van der Waals surface area contributed by atoms with Crippen molar-refractivity contribution in [1.29, 1.82) is 0 Å². The van der Waals surface area contributed by atoms with Crippen LogP contribution in [0.4, 0.5) is 0 Å². The monoisotopic (exact) mass is 351 g/mol. The number of amides is 1. The van der Waals surface area contributed by atoms with E-state index in [1.165, 1.54) is 48.1 Å². The lowest BCUT2D eigenvalue weighted by molar-refractivity contribution is 0.0776. The first-order chi connectivity index (χ1) is 12.3. The van der Waals surface area contributed by atoms with Crippen LogP contribution in [0, 0.1) is 0 Å². The first-order valence-corrected chi connectivity index (χ1v) is 10.3. The van der Waals surface area contributed by atoms with Crippen LogP contribution in [0.25, 0.3) is 10.4 Å². The molecule has 25 heavy (non-hydrogen) atoms. The molecule has 0 bridgehead atoms. The highest BCUT2D eigenvalue weighted by molar-refractivity contribution is 7.17. The van der Waals surface area contributed by atoms with Crippen LogP contribution >= 0.6 is 11.3 Å². The first kappa shape index (κ1) is 16.6. The number of thiophene rings is 1. The Morgan fingerprint density at radius 3 is 2.48 bits per heavy atom. The van der Waals surface area contributed by atoms with Crippen molar-refractivity contribution in [2.24, 2.45) is 0 Å². The van der Waals surface area contributed by atoms with Crippen molar-refractivity contribution in [2.75, 3.05) is 13.1 Å². The lowest BCUT2D eigenvalue weighted by Gasteiger charge is -2.22. The van der Waals surface area contributed by atoms with Crippen molar-refractivity contribution in [3.05, 3.63) is 59.0 Å². The summed E-state index contributed by atoms with van der Waals surface area (Å²) in [5, 5.41) is 0. The molecule has 2 aliphatic rings. The van der Waals surface area contributed by atoms with Gasteiger partial charge in [-0.1, -0.05) is 55.7 Å². The van der Waals surface area contributed by atoms with Crippen molar-refractivity contribution in [3.63, 3.8) is 0 Å². The summed E-state index contributed by atoms with van der Waals surface area (Å²) >= 11 is 1.61. The molecule has 1 aromatic carbocycles. The van der Waals surface area contributed by atoms with Crippen LogP contribution in [0.3, 0.4) is 0 Å². The summed E-state index contributed by atoms with van der Waals surface area (Å²) in [4.78, 5) is 16.6. The zero-order valence-electron chi connectivity index (χ0n) is 14.6. The summed E-state index contributed by atoms with van der Waals surface area (Å²) in [7, 11) is 0. The molecule has 2 heterocycles. The second-order valence-corrected chi connectivity index (χ2v) is 8.22. The van der Waals surface area contributed by atoms with Crippen molar-refractivity contribution in [1.82, 2.24) is 4.90 Å². The summed E-state index contributed by atoms with van der Waals surface area (Å²) in [5.74, 6) is 0.912. The van der Waals surface area contributed by atoms with E-state index in [-0.39, 0.29) is 5.91 Å². The fourth-order valence-corrected chi connectivity index (χ4v) is 4.92. The average Bonchev–Trinajstić information content (AvgIpc) is 3.19. The Hall–Kier alpha value is -1.87. The molecule has 1 aliphatic carbocycles. The predicted molar refractivity (Wildman–Crippen MR) is 105 cm³/mol. The van der Waals surface area contributed by atoms with Crippen LogP contribution in [-0.2, 0) is 0 Å². The minimum absolute atomic E-state index is 0.166. The van der Waals surface area contributed by atoms with Crippen molar-refractivity contribution in [3.8, 4) is 10.4 Å². The molecule has 1 amide bonds. The molecular weight excluding hydrogens is 326 g/mol. The summed E-state index contributed by atoms with van der Waals surface area (Å²) in [6.45, 7) is 1.57. The summed E-state index contributed by atoms with van der Waals surface area (Å²) in [6, 6.07) is 13.1. The number of hydrogen-bond acceptors (Lipinski definition) is 2. The summed E-state index contributed by atoms with van der Waals surface area (Å²) in [6.07, 6.45) is 12.0. The van der Waals surface area contributed by atoms with Gasteiger partial charge in [0, 0.05) is 18.0 Å². The van der Waals surface area contributed by atoms with Gasteiger partial charge < -0.3 is 4.90 Å². The Balaban J connectivity index is 1.47. The third-order valence-corrected chi connectivity index (χ3v) is 6.56. The van der Waals surface area contributed by atoms with Gasteiger partial charge in [-0.05, 0) is 48.4 Å². The molecule has 0 unspecified atom stereocenters. The zero-order valence-corrected chi connectivity index (χ0v) is 15.4. The predicted octanol–water partition coefficient (Wildman–Crippen LogP) is 5.86. The van der Waals surface area contributed by atoms with Crippen LogP contribution in [-0.4, -0.2) is 23.9 Å². The standard InChI is InChI=1S/C22H25NOS/c24-22(23-15-5-2-6-16-23)21-14-13-20(25-21)19-11-9-18(10-12-19)17-7-3-1-4-8-17/h2,5,9-14,17H,1,3-4,6-8,15-16H2. The van der Waals surface area contributed by atoms with Crippen molar-refractivity contribution < 1.29 is 4.79 Å². The second kappa shape index (κ2) is 7.57. The van der Waals surface area contributed by atoms with Gasteiger partial charge in [0.15, 0.2) is 0 Å². The van der Waals surface area contributed by atoms with E-state index in [0.29, 0.717) is 0 Å². The minimum Gasteiger partial charge on any atom is -0.334 e. The molecular formula is C22H25NOS. The van der Waals surface area contributed by atoms with Gasteiger partial charge in [0.25, 0.3) is 5.91 Å². The van der Waals surface area contributed by atoms with E-state index >= 15 is 0 Å². The Bertz CT molecular complexity index is 753. The van der Waals surface area contributed by atoms with E-state index in [4.69, 9.17) is 0 Å². The molecule has 2 nitrogen and oxygen atoms in total. The van der Waals surface area contributed by atoms with Crippen molar-refractivity contribution >= 4 is 17.2 Å². The van der Waals surface area contributed by atoms with E-state index in [1.54, 1.807) is 11.3 Å². The largest absolute Gasteiger partial charge is 0.334 e. The fourth-order valence-electron chi connectivity index (χ4n) is 3.95. The molecule has 0 saturated heterocycles. The van der Waals surface area contributed by atoms with E-state index < -0.39 is 0 Å². The van der Waals surface area contributed by atoms with Crippen LogP contribution < -0.4 is 0 Å². The SMILES string of the molecule is O=C(c1ccc(-c2ccc(C3CCCCC3)cc2)s1)N1CC=CCC1. The van der Waals surface area contributed by atoms with Crippen LogP contribution in [0.15, 0.2) is 48.6 Å². The van der Waals surface area contributed by atoms with Gasteiger partial charge in [-0.3, -0.25) is 4.79 Å². The van der Waals surface area contributed by atoms with Crippen LogP contribution in [0.2, 0.25) is 0 Å². The molecule has 0 N–H and O–H groups in total. The highest BCUT2D eigenvalue weighted by atomic mass is 32.1. The zero-order chi connectivity index (χ0) is 17.1. The van der Waals surface area contributed by atoms with Crippen molar-refractivity contribution in [2.45, 2.75) is 44.4 Å². The molecule has 4 rings (SSSR count). The fraction of sp³-hybridized carbons (Fsp3) is 0.409. The quantitative estimate of drug-likeness (QED) is 0.634. The van der Waals surface area contributed by atoms with E-state index in [9.17, 15) is 4.79 Å². The molecule has 1 aromatic heterocycles. The molecule has 130 valence electrons. The van der Waals surface area contributed by atoms with Gasteiger partial charge in [-0.25, -0.2) is 0 Å². The number of carbonyl (C=O) groups excluding carboxylic acids is 1. The van der Waals surface area contributed by atoms with Crippen LogP contribution in [0.5, 0.6) is 0 Å². The van der Waals surface area contributed by atoms with Gasteiger partial charge in [0.1, 0.15) is 0 Å². The van der Waals surface area contributed by atoms with Gasteiger partial charge in [-0.15, -0.1) is 11.3 Å². The van der Waals surface area contributed by atoms with E-state index in [2.05, 4.69) is 42.5 Å². The molecule has 2 aromatic rings. The normalized spacial score (nSPS) is 18.5. The molecule has 0 atom stereocenters. The van der Waals surface area contributed by atoms with Gasteiger partial charge >= 0.3 is 0 Å². The van der Waals surface area contributed by atoms with Gasteiger partial charge in [0.05, 0.1) is 4.88 Å². The third-order valence-electron chi connectivity index (χ3n) is 5.43. The summed E-state index contributed by atoms with van der Waals surface area (Å²) in [5.41, 5.74) is 2.71. The maximum absolute atomic E-state index is 12.6.